The molecule has 0 aliphatic heterocycles. The average Bonchev–Trinajstić information content (AvgIpc) is 2.87. The monoisotopic (exact) mass is 448 g/mol. The summed E-state index contributed by atoms with van der Waals surface area (Å²) in [4.78, 5) is 12.6. The molecule has 0 bridgehead atoms. The number of carbonyl (C=O) groups is 1. The van der Waals surface area contributed by atoms with Crippen LogP contribution in [-0.4, -0.2) is 12.5 Å². The molecule has 0 unspecified atom stereocenters. The number of nitriles is 1. The SMILES string of the molecule is CCOc1ccc(NC(=O)/C(C#N)=C\c2cccc(OCc3cccc4ccccc34)c2)cc1. The lowest BCUT2D eigenvalue weighted by atomic mass is 10.1. The second kappa shape index (κ2) is 10.8. The van der Waals surface area contributed by atoms with Crippen LogP contribution in [0.15, 0.2) is 96.6 Å². The average molecular weight is 449 g/mol. The van der Waals surface area contributed by atoms with E-state index in [1.165, 1.54) is 0 Å². The van der Waals surface area contributed by atoms with Gasteiger partial charge in [0.05, 0.1) is 6.61 Å². The van der Waals surface area contributed by atoms with Crippen molar-refractivity contribution in [3.63, 3.8) is 0 Å². The maximum Gasteiger partial charge on any atom is 0.266 e. The van der Waals surface area contributed by atoms with Crippen molar-refractivity contribution < 1.29 is 14.3 Å². The Balaban J connectivity index is 1.45. The zero-order valence-corrected chi connectivity index (χ0v) is 18.8. The molecule has 0 saturated heterocycles. The Bertz CT molecular complexity index is 1360. The third-order valence-electron chi connectivity index (χ3n) is 5.23. The van der Waals surface area contributed by atoms with Crippen LogP contribution in [0.2, 0.25) is 0 Å². The van der Waals surface area contributed by atoms with E-state index in [0.29, 0.717) is 30.2 Å². The van der Waals surface area contributed by atoms with E-state index in [4.69, 9.17) is 9.47 Å². The number of carbonyl (C=O) groups excluding carboxylic acids is 1. The molecule has 0 atom stereocenters. The molecule has 0 radical (unpaired) electrons. The third-order valence-corrected chi connectivity index (χ3v) is 5.23. The normalized spacial score (nSPS) is 11.0. The van der Waals surface area contributed by atoms with Crippen LogP contribution in [0.5, 0.6) is 11.5 Å². The first-order valence-electron chi connectivity index (χ1n) is 11.0. The maximum atomic E-state index is 12.6. The molecule has 34 heavy (non-hydrogen) atoms. The van der Waals surface area contributed by atoms with Crippen molar-refractivity contribution in [2.24, 2.45) is 0 Å². The van der Waals surface area contributed by atoms with E-state index in [1.807, 2.05) is 61.5 Å². The van der Waals surface area contributed by atoms with E-state index < -0.39 is 5.91 Å². The summed E-state index contributed by atoms with van der Waals surface area (Å²) in [7, 11) is 0. The smallest absolute Gasteiger partial charge is 0.266 e. The Kier molecular flexibility index (Phi) is 7.22. The fraction of sp³-hybridized carbons (Fsp3) is 0.103. The molecule has 0 heterocycles. The van der Waals surface area contributed by atoms with Gasteiger partial charge in [-0.05, 0) is 71.3 Å². The largest absolute Gasteiger partial charge is 0.494 e. The van der Waals surface area contributed by atoms with E-state index in [1.54, 1.807) is 30.3 Å². The van der Waals surface area contributed by atoms with Crippen molar-refractivity contribution in [2.45, 2.75) is 13.5 Å². The standard InChI is InChI=1S/C29H24N2O3/c1-2-33-26-15-13-25(14-16-26)31-29(32)24(19-30)17-21-7-5-11-27(18-21)34-20-23-10-6-9-22-8-3-4-12-28(22)23/h3-18H,2,20H2,1H3,(H,31,32)/b24-17-. The van der Waals surface area contributed by atoms with Crippen LogP contribution in [0.25, 0.3) is 16.8 Å². The number of hydrogen-bond donors (Lipinski definition) is 1. The molecule has 4 aromatic rings. The van der Waals surface area contributed by atoms with Gasteiger partial charge in [-0.15, -0.1) is 0 Å². The van der Waals surface area contributed by atoms with Crippen LogP contribution in [-0.2, 0) is 11.4 Å². The van der Waals surface area contributed by atoms with E-state index in [9.17, 15) is 10.1 Å². The second-order valence-corrected chi connectivity index (χ2v) is 7.58. The molecule has 5 heteroatoms. The fourth-order valence-corrected chi connectivity index (χ4v) is 3.59. The maximum absolute atomic E-state index is 12.6. The highest BCUT2D eigenvalue weighted by Gasteiger charge is 2.10. The molecule has 0 saturated carbocycles. The zero-order valence-electron chi connectivity index (χ0n) is 18.8. The number of ether oxygens (including phenoxy) is 2. The number of amides is 1. The number of benzene rings is 4. The number of anilines is 1. The first-order valence-corrected chi connectivity index (χ1v) is 11.0. The highest BCUT2D eigenvalue weighted by atomic mass is 16.5. The first-order chi connectivity index (χ1) is 16.7. The summed E-state index contributed by atoms with van der Waals surface area (Å²) in [5.74, 6) is 0.900. The van der Waals surface area contributed by atoms with Gasteiger partial charge in [0.25, 0.3) is 5.91 Å². The van der Waals surface area contributed by atoms with Crippen molar-refractivity contribution >= 4 is 28.4 Å². The van der Waals surface area contributed by atoms with Crippen molar-refractivity contribution in [2.75, 3.05) is 11.9 Å². The molecule has 4 rings (SSSR count). The van der Waals surface area contributed by atoms with E-state index in [-0.39, 0.29) is 5.57 Å². The van der Waals surface area contributed by atoms with Crippen molar-refractivity contribution in [3.8, 4) is 17.6 Å². The number of nitrogens with zero attached hydrogens (tertiary/aromatic N) is 1. The van der Waals surface area contributed by atoms with Gasteiger partial charge in [-0.1, -0.05) is 54.6 Å². The zero-order chi connectivity index (χ0) is 23.8. The highest BCUT2D eigenvalue weighted by molar-refractivity contribution is 6.09. The minimum absolute atomic E-state index is 0.0000816. The number of nitrogens with one attached hydrogen (secondary N) is 1. The quantitative estimate of drug-likeness (QED) is 0.251. The fourth-order valence-electron chi connectivity index (χ4n) is 3.59. The predicted octanol–water partition coefficient (Wildman–Crippen LogP) is 6.36. The predicted molar refractivity (Wildman–Crippen MR) is 135 cm³/mol. The summed E-state index contributed by atoms with van der Waals surface area (Å²) in [6.45, 7) is 2.89. The van der Waals surface area contributed by atoms with Gasteiger partial charge in [0.1, 0.15) is 29.7 Å². The lowest BCUT2D eigenvalue weighted by molar-refractivity contribution is -0.112. The lowest BCUT2D eigenvalue weighted by Crippen LogP contribution is -2.13. The summed E-state index contributed by atoms with van der Waals surface area (Å²) in [5, 5.41) is 14.6. The Morgan fingerprint density at radius 2 is 1.68 bits per heavy atom. The van der Waals surface area contributed by atoms with E-state index in [2.05, 4.69) is 23.5 Å². The molecule has 168 valence electrons. The minimum Gasteiger partial charge on any atom is -0.494 e. The molecule has 0 aliphatic rings. The lowest BCUT2D eigenvalue weighted by Gasteiger charge is -2.10. The minimum atomic E-state index is -0.478. The summed E-state index contributed by atoms with van der Waals surface area (Å²) < 4.78 is 11.4. The molecule has 1 amide bonds. The van der Waals surface area contributed by atoms with Gasteiger partial charge in [-0.25, -0.2) is 0 Å². The molecule has 0 aliphatic carbocycles. The molecule has 1 N–H and O–H groups in total. The Labute approximate surface area is 198 Å². The van der Waals surface area contributed by atoms with Gasteiger partial charge in [0.15, 0.2) is 0 Å². The summed E-state index contributed by atoms with van der Waals surface area (Å²) in [5.41, 5.74) is 2.38. The second-order valence-electron chi connectivity index (χ2n) is 7.58. The molecule has 0 fully saturated rings. The van der Waals surface area contributed by atoms with Crippen LogP contribution in [0.1, 0.15) is 18.1 Å². The van der Waals surface area contributed by atoms with E-state index >= 15 is 0 Å². The van der Waals surface area contributed by atoms with Crippen LogP contribution in [0.3, 0.4) is 0 Å². The number of fused-ring (bicyclic) bond motifs is 1. The summed E-state index contributed by atoms with van der Waals surface area (Å²) >= 11 is 0. The van der Waals surface area contributed by atoms with Crippen LogP contribution < -0.4 is 14.8 Å². The molecule has 0 aromatic heterocycles. The molecular formula is C29H24N2O3. The topological polar surface area (TPSA) is 71.3 Å². The third kappa shape index (κ3) is 5.62. The molecular weight excluding hydrogens is 424 g/mol. The van der Waals surface area contributed by atoms with Gasteiger partial charge < -0.3 is 14.8 Å². The van der Waals surface area contributed by atoms with E-state index in [0.717, 1.165) is 22.1 Å². The van der Waals surface area contributed by atoms with Gasteiger partial charge in [-0.3, -0.25) is 4.79 Å². The van der Waals surface area contributed by atoms with Gasteiger partial charge in [0, 0.05) is 5.69 Å². The molecule has 4 aromatic carbocycles. The Morgan fingerprint density at radius 3 is 2.47 bits per heavy atom. The first kappa shape index (κ1) is 22.6. The van der Waals surface area contributed by atoms with Crippen molar-refractivity contribution in [1.29, 1.82) is 5.26 Å². The van der Waals surface area contributed by atoms with Gasteiger partial charge in [0.2, 0.25) is 0 Å². The van der Waals surface area contributed by atoms with Crippen molar-refractivity contribution in [1.82, 2.24) is 0 Å². The summed E-state index contributed by atoms with van der Waals surface area (Å²) in [6.07, 6.45) is 1.55. The summed E-state index contributed by atoms with van der Waals surface area (Å²) in [6, 6.07) is 30.6. The molecule has 5 nitrogen and oxygen atoms in total. The highest BCUT2D eigenvalue weighted by Crippen LogP contribution is 2.22. The van der Waals surface area contributed by atoms with Gasteiger partial charge >= 0.3 is 0 Å². The van der Waals surface area contributed by atoms with Crippen molar-refractivity contribution in [3.05, 3.63) is 108 Å². The number of hydrogen-bond acceptors (Lipinski definition) is 4. The van der Waals surface area contributed by atoms with Crippen LogP contribution in [0, 0.1) is 11.3 Å². The van der Waals surface area contributed by atoms with Crippen LogP contribution in [0.4, 0.5) is 5.69 Å². The Hall–Kier alpha value is -4.56. The van der Waals surface area contributed by atoms with Gasteiger partial charge in [-0.2, -0.15) is 5.26 Å². The molecule has 0 spiro atoms. The van der Waals surface area contributed by atoms with Crippen LogP contribution >= 0.6 is 0 Å². The Morgan fingerprint density at radius 1 is 0.912 bits per heavy atom. The number of rotatable bonds is 8.